The standard InChI is InChI=1S/C22H31F3N4O3/c1-3-27(4-2)21(31)29-9-7-16(8-10-29)20(30)26-19-6-5-17(15-18(19)22(23,24)25)28-11-13-32-14-12-28/h5-6,15-16H,3-4,7-14H2,1-2H3,(H,26,30). The van der Waals surface area contributed by atoms with Crippen LogP contribution in [0.1, 0.15) is 32.3 Å². The third kappa shape index (κ3) is 5.65. The Morgan fingerprint density at radius 1 is 1.09 bits per heavy atom. The molecule has 7 nitrogen and oxygen atoms in total. The van der Waals surface area contributed by atoms with E-state index in [1.807, 2.05) is 18.7 Å². The zero-order valence-corrected chi connectivity index (χ0v) is 18.6. The molecule has 0 aromatic heterocycles. The number of halogens is 3. The number of nitrogens with zero attached hydrogens (tertiary/aromatic N) is 3. The average molecular weight is 457 g/mol. The highest BCUT2D eigenvalue weighted by atomic mass is 19.4. The molecule has 32 heavy (non-hydrogen) atoms. The molecule has 2 heterocycles. The molecule has 0 aliphatic carbocycles. The number of rotatable bonds is 5. The van der Waals surface area contributed by atoms with Gasteiger partial charge in [0.25, 0.3) is 0 Å². The number of hydrogen-bond acceptors (Lipinski definition) is 4. The number of benzene rings is 1. The van der Waals surface area contributed by atoms with Crippen molar-refractivity contribution in [2.24, 2.45) is 5.92 Å². The van der Waals surface area contributed by atoms with E-state index in [2.05, 4.69) is 5.32 Å². The van der Waals surface area contributed by atoms with E-state index in [9.17, 15) is 22.8 Å². The van der Waals surface area contributed by atoms with Gasteiger partial charge in [-0.1, -0.05) is 0 Å². The number of urea groups is 1. The van der Waals surface area contributed by atoms with Gasteiger partial charge in [0.05, 0.1) is 24.5 Å². The van der Waals surface area contributed by atoms with Gasteiger partial charge in [0, 0.05) is 50.9 Å². The quantitative estimate of drug-likeness (QED) is 0.735. The summed E-state index contributed by atoms with van der Waals surface area (Å²) < 4.78 is 46.4. The summed E-state index contributed by atoms with van der Waals surface area (Å²) in [6.07, 6.45) is -3.75. The van der Waals surface area contributed by atoms with Gasteiger partial charge in [-0.3, -0.25) is 4.79 Å². The Bertz CT molecular complexity index is 800. The second-order valence-electron chi connectivity index (χ2n) is 8.03. The Morgan fingerprint density at radius 3 is 2.28 bits per heavy atom. The molecule has 0 radical (unpaired) electrons. The Labute approximate surface area is 186 Å². The number of hydrogen-bond donors (Lipinski definition) is 1. The predicted octanol–water partition coefficient (Wildman–Crippen LogP) is 3.65. The molecule has 10 heteroatoms. The van der Waals surface area contributed by atoms with Crippen molar-refractivity contribution < 1.29 is 27.5 Å². The van der Waals surface area contributed by atoms with Crippen LogP contribution in [0.15, 0.2) is 18.2 Å². The largest absolute Gasteiger partial charge is 0.418 e. The number of piperidine rings is 1. The zero-order chi connectivity index (χ0) is 23.3. The van der Waals surface area contributed by atoms with Crippen LogP contribution in [0.3, 0.4) is 0 Å². The van der Waals surface area contributed by atoms with E-state index in [-0.39, 0.29) is 11.7 Å². The van der Waals surface area contributed by atoms with Crippen LogP contribution in [-0.4, -0.2) is 74.2 Å². The third-order valence-electron chi connectivity index (χ3n) is 6.11. The van der Waals surface area contributed by atoms with E-state index >= 15 is 0 Å². The van der Waals surface area contributed by atoms with Crippen LogP contribution in [0.5, 0.6) is 0 Å². The van der Waals surface area contributed by atoms with E-state index in [0.717, 1.165) is 6.07 Å². The number of likely N-dealkylation sites (tertiary alicyclic amines) is 1. The molecule has 0 unspecified atom stereocenters. The van der Waals surface area contributed by atoms with Gasteiger partial charge in [-0.2, -0.15) is 13.2 Å². The molecule has 2 aliphatic heterocycles. The lowest BCUT2D eigenvalue weighted by Gasteiger charge is -2.34. The lowest BCUT2D eigenvalue weighted by Crippen LogP contribution is -2.47. The van der Waals surface area contributed by atoms with Crippen LogP contribution in [0, 0.1) is 5.92 Å². The number of ether oxygens (including phenoxy) is 1. The van der Waals surface area contributed by atoms with Crippen LogP contribution in [0.2, 0.25) is 0 Å². The zero-order valence-electron chi connectivity index (χ0n) is 18.6. The minimum atomic E-state index is -4.59. The monoisotopic (exact) mass is 456 g/mol. The lowest BCUT2D eigenvalue weighted by molar-refractivity contribution is -0.137. The second-order valence-corrected chi connectivity index (χ2v) is 8.03. The number of carbonyl (C=O) groups is 2. The molecular formula is C22H31F3N4O3. The molecule has 0 spiro atoms. The Kier molecular flexibility index (Phi) is 7.86. The highest BCUT2D eigenvalue weighted by Crippen LogP contribution is 2.38. The Morgan fingerprint density at radius 2 is 1.72 bits per heavy atom. The number of anilines is 2. The summed E-state index contributed by atoms with van der Waals surface area (Å²) in [6, 6.07) is 3.95. The van der Waals surface area contributed by atoms with Crippen LogP contribution in [-0.2, 0) is 15.7 Å². The summed E-state index contributed by atoms with van der Waals surface area (Å²) in [5.41, 5.74) is -0.632. The average Bonchev–Trinajstić information content (AvgIpc) is 2.80. The maximum Gasteiger partial charge on any atom is 0.418 e. The fraction of sp³-hybridized carbons (Fsp3) is 0.636. The lowest BCUT2D eigenvalue weighted by atomic mass is 9.95. The summed E-state index contributed by atoms with van der Waals surface area (Å²) in [5.74, 6) is -0.875. The molecule has 0 saturated carbocycles. The molecule has 3 rings (SSSR count). The topological polar surface area (TPSA) is 65.1 Å². The summed E-state index contributed by atoms with van der Waals surface area (Å²) >= 11 is 0. The van der Waals surface area contributed by atoms with Gasteiger partial charge in [-0.25, -0.2) is 4.79 Å². The number of alkyl halides is 3. The van der Waals surface area contributed by atoms with Gasteiger partial charge in [0.2, 0.25) is 5.91 Å². The van der Waals surface area contributed by atoms with Gasteiger partial charge in [0.1, 0.15) is 0 Å². The highest BCUT2D eigenvalue weighted by Gasteiger charge is 2.36. The number of carbonyl (C=O) groups excluding carboxylic acids is 2. The van der Waals surface area contributed by atoms with Gasteiger partial charge in [0.15, 0.2) is 0 Å². The van der Waals surface area contributed by atoms with Gasteiger partial charge in [-0.15, -0.1) is 0 Å². The summed E-state index contributed by atoms with van der Waals surface area (Å²) in [6.45, 7) is 7.83. The highest BCUT2D eigenvalue weighted by molar-refractivity contribution is 5.94. The molecule has 1 aromatic carbocycles. The van der Waals surface area contributed by atoms with Crippen molar-refractivity contribution in [3.8, 4) is 0 Å². The maximum atomic E-state index is 13.7. The van der Waals surface area contributed by atoms with Crippen molar-refractivity contribution in [3.63, 3.8) is 0 Å². The first kappa shape index (κ1) is 24.2. The number of amides is 3. The minimum absolute atomic E-state index is 0.0630. The van der Waals surface area contributed by atoms with Gasteiger partial charge in [-0.05, 0) is 44.9 Å². The molecule has 1 N–H and O–H groups in total. The number of nitrogens with one attached hydrogen (secondary N) is 1. The van der Waals surface area contributed by atoms with Crippen LogP contribution >= 0.6 is 0 Å². The molecule has 3 amide bonds. The minimum Gasteiger partial charge on any atom is -0.378 e. The second kappa shape index (κ2) is 10.4. The first-order chi connectivity index (χ1) is 15.2. The first-order valence-electron chi connectivity index (χ1n) is 11.1. The summed E-state index contributed by atoms with van der Waals surface area (Å²) in [4.78, 5) is 30.5. The normalized spacial score (nSPS) is 17.9. The van der Waals surface area contributed by atoms with Crippen molar-refractivity contribution in [3.05, 3.63) is 23.8 Å². The van der Waals surface area contributed by atoms with Crippen LogP contribution in [0.4, 0.5) is 29.3 Å². The van der Waals surface area contributed by atoms with Crippen molar-refractivity contribution in [1.82, 2.24) is 9.80 Å². The van der Waals surface area contributed by atoms with Crippen molar-refractivity contribution >= 4 is 23.3 Å². The van der Waals surface area contributed by atoms with Gasteiger partial charge < -0.3 is 24.8 Å². The predicted molar refractivity (Wildman–Crippen MR) is 116 cm³/mol. The van der Waals surface area contributed by atoms with Crippen molar-refractivity contribution in [1.29, 1.82) is 0 Å². The Balaban J connectivity index is 1.66. The van der Waals surface area contributed by atoms with E-state index in [1.54, 1.807) is 15.9 Å². The van der Waals surface area contributed by atoms with E-state index < -0.39 is 23.6 Å². The molecular weight excluding hydrogens is 425 g/mol. The maximum absolute atomic E-state index is 13.7. The molecule has 2 fully saturated rings. The third-order valence-corrected chi connectivity index (χ3v) is 6.11. The van der Waals surface area contributed by atoms with E-state index in [1.165, 1.54) is 6.07 Å². The first-order valence-corrected chi connectivity index (χ1v) is 11.1. The van der Waals surface area contributed by atoms with Crippen LogP contribution < -0.4 is 10.2 Å². The molecule has 1 aromatic rings. The molecule has 0 bridgehead atoms. The fourth-order valence-electron chi connectivity index (χ4n) is 4.16. The molecule has 2 aliphatic rings. The van der Waals surface area contributed by atoms with Gasteiger partial charge >= 0.3 is 12.2 Å². The van der Waals surface area contributed by atoms with E-state index in [4.69, 9.17) is 4.74 Å². The molecule has 178 valence electrons. The van der Waals surface area contributed by atoms with Crippen LogP contribution in [0.25, 0.3) is 0 Å². The summed E-state index contributed by atoms with van der Waals surface area (Å²) in [5, 5.41) is 2.49. The molecule has 0 atom stereocenters. The van der Waals surface area contributed by atoms with E-state index in [0.29, 0.717) is 71.0 Å². The Hall–Kier alpha value is -2.49. The SMILES string of the molecule is CCN(CC)C(=O)N1CCC(C(=O)Nc2ccc(N3CCOCC3)cc2C(F)(F)F)CC1. The fourth-order valence-corrected chi connectivity index (χ4v) is 4.16. The summed E-state index contributed by atoms with van der Waals surface area (Å²) in [7, 11) is 0. The smallest absolute Gasteiger partial charge is 0.378 e. The van der Waals surface area contributed by atoms with Crippen molar-refractivity contribution in [2.45, 2.75) is 32.9 Å². The van der Waals surface area contributed by atoms with Crippen molar-refractivity contribution in [2.75, 3.05) is 62.7 Å². The number of morpholine rings is 1. The molecule has 2 saturated heterocycles.